The van der Waals surface area contributed by atoms with Crippen molar-refractivity contribution in [3.05, 3.63) is 106 Å². The van der Waals surface area contributed by atoms with Gasteiger partial charge in [0.05, 0.1) is 11.8 Å². The summed E-state index contributed by atoms with van der Waals surface area (Å²) in [5, 5.41) is 5.07. The number of fused-ring (bicyclic) bond motifs is 8. The lowest BCUT2D eigenvalue weighted by Crippen LogP contribution is -2.20. The third-order valence-electron chi connectivity index (χ3n) is 9.53. The van der Waals surface area contributed by atoms with Crippen LogP contribution >= 0.6 is 0 Å². The van der Waals surface area contributed by atoms with Gasteiger partial charge < -0.3 is 9.97 Å². The topological polar surface area (TPSA) is 109 Å². The molecule has 8 heteroatoms. The van der Waals surface area contributed by atoms with Gasteiger partial charge in [-0.25, -0.2) is 29.9 Å². The average Bonchev–Trinajstić information content (AvgIpc) is 3.81. The lowest BCUT2D eigenvalue weighted by Gasteiger charge is -2.34. The van der Waals surface area contributed by atoms with Crippen LogP contribution in [0.2, 0.25) is 0 Å². The van der Waals surface area contributed by atoms with Gasteiger partial charge in [0, 0.05) is 0 Å². The van der Waals surface area contributed by atoms with Gasteiger partial charge in [0.1, 0.15) is 34.2 Å². The van der Waals surface area contributed by atoms with Crippen molar-refractivity contribution in [2.45, 2.75) is 64.2 Å². The molecule has 0 amide bonds. The number of benzene rings is 3. The Bertz CT molecular complexity index is 2300. The summed E-state index contributed by atoms with van der Waals surface area (Å²) in [6, 6.07) is 21.8. The van der Waals surface area contributed by atoms with E-state index in [1.807, 2.05) is 36.4 Å². The highest BCUT2D eigenvalue weighted by atomic mass is 15.1. The SMILES string of the molecule is CC(C)(C)c1ccc2c3c4cc(C(C)(C)C)ccc4c(c2c1)C1c2nc(nc4ccc(nc5nc(nc6ccc(n2)[nH]6)C=C5)[nH]4)C31. The molecule has 2 aliphatic heterocycles. The normalized spacial score (nSPS) is 17.3. The van der Waals surface area contributed by atoms with Crippen LogP contribution in [0, 0.1) is 0 Å². The molecule has 3 aromatic heterocycles. The Labute approximate surface area is 266 Å². The second-order valence-electron chi connectivity index (χ2n) is 14.7. The van der Waals surface area contributed by atoms with E-state index in [0.717, 1.165) is 11.6 Å². The molecule has 4 aliphatic rings. The first-order valence-electron chi connectivity index (χ1n) is 15.9. The summed E-state index contributed by atoms with van der Waals surface area (Å²) in [6.45, 7) is 13.6. The number of nitrogens with one attached hydrogen (secondary N) is 2. The van der Waals surface area contributed by atoms with Crippen molar-refractivity contribution in [1.29, 1.82) is 0 Å². The Morgan fingerprint density at radius 2 is 0.870 bits per heavy atom. The Kier molecular flexibility index (Phi) is 5.40. The molecule has 0 saturated carbocycles. The maximum Gasteiger partial charge on any atom is 0.156 e. The minimum absolute atomic E-state index is 0.0142. The summed E-state index contributed by atoms with van der Waals surface area (Å²) in [6.07, 6.45) is 3.71. The number of hydrogen-bond donors (Lipinski definition) is 2. The van der Waals surface area contributed by atoms with Gasteiger partial charge in [0.15, 0.2) is 11.6 Å². The first kappa shape index (κ1) is 27.1. The second-order valence-corrected chi connectivity index (χ2v) is 14.7. The minimum Gasteiger partial charge on any atom is -0.325 e. The molecule has 0 radical (unpaired) electrons. The maximum absolute atomic E-state index is 5.23. The van der Waals surface area contributed by atoms with Gasteiger partial charge in [-0.1, -0.05) is 77.9 Å². The quantitative estimate of drug-likeness (QED) is 0.169. The van der Waals surface area contributed by atoms with Crippen LogP contribution in [0.1, 0.15) is 98.9 Å². The van der Waals surface area contributed by atoms with E-state index in [9.17, 15) is 0 Å². The van der Waals surface area contributed by atoms with Gasteiger partial charge in [-0.3, -0.25) is 0 Å². The number of rotatable bonds is 0. The standard InChI is InChI=1S/C38H34N8/c1-37(2,3)19-7-9-21-23(17-19)31-22-10-8-20(38(4,5)6)18-24(22)32(21)34-33(31)35-44-29-15-13-27(42-29)40-25-11-12-26(39-25)41-28-14-16-30(43-28)45-36(34)46-35/h7-18,33-34H,1-6H3,(H2,39,40,41,42,43,44,45,46). The van der Waals surface area contributed by atoms with Gasteiger partial charge in [-0.2, -0.15) is 0 Å². The molecule has 226 valence electrons. The molecule has 3 aromatic carbocycles. The minimum atomic E-state index is -0.0816. The molecule has 2 N–H and O–H groups in total. The van der Waals surface area contributed by atoms with Gasteiger partial charge in [-0.05, 0) is 91.0 Å². The fourth-order valence-corrected chi connectivity index (χ4v) is 7.20. The third kappa shape index (κ3) is 4.12. The zero-order chi connectivity index (χ0) is 31.5. The van der Waals surface area contributed by atoms with Gasteiger partial charge >= 0.3 is 0 Å². The van der Waals surface area contributed by atoms with Crippen LogP contribution in [0.4, 0.5) is 0 Å². The van der Waals surface area contributed by atoms with Crippen LogP contribution in [0.5, 0.6) is 0 Å². The molecule has 2 aliphatic carbocycles. The van der Waals surface area contributed by atoms with Crippen LogP contribution in [0.25, 0.3) is 56.3 Å². The molecule has 0 fully saturated rings. The van der Waals surface area contributed by atoms with E-state index in [1.165, 1.54) is 43.8 Å². The lowest BCUT2D eigenvalue weighted by molar-refractivity contribution is 0.590. The van der Waals surface area contributed by atoms with E-state index in [1.54, 1.807) is 0 Å². The van der Waals surface area contributed by atoms with Crippen molar-refractivity contribution < 1.29 is 0 Å². The Morgan fingerprint density at radius 3 is 1.28 bits per heavy atom. The molecule has 46 heavy (non-hydrogen) atoms. The van der Waals surface area contributed by atoms with Crippen LogP contribution in [-0.4, -0.2) is 39.9 Å². The van der Waals surface area contributed by atoms with Crippen molar-refractivity contribution in [3.8, 4) is 0 Å². The summed E-state index contributed by atoms with van der Waals surface area (Å²) >= 11 is 0. The fraction of sp³-hybridized carbons (Fsp3) is 0.263. The Morgan fingerprint density at radius 1 is 0.457 bits per heavy atom. The van der Waals surface area contributed by atoms with Crippen molar-refractivity contribution in [1.82, 2.24) is 39.9 Å². The smallest absolute Gasteiger partial charge is 0.156 e. The largest absolute Gasteiger partial charge is 0.325 e. The molecule has 2 atom stereocenters. The highest BCUT2D eigenvalue weighted by Crippen LogP contribution is 2.57. The Balaban J connectivity index is 1.41. The molecule has 10 bridgehead atoms. The number of aromatic nitrogens is 8. The van der Waals surface area contributed by atoms with Crippen molar-refractivity contribution >= 4 is 56.3 Å². The average molecular weight is 603 g/mol. The zero-order valence-electron chi connectivity index (χ0n) is 26.8. The summed E-state index contributed by atoms with van der Waals surface area (Å²) in [4.78, 5) is 36.2. The van der Waals surface area contributed by atoms with Crippen molar-refractivity contribution in [3.63, 3.8) is 0 Å². The molecule has 5 heterocycles. The van der Waals surface area contributed by atoms with Gasteiger partial charge in [-0.15, -0.1) is 0 Å². The lowest BCUT2D eigenvalue weighted by atomic mass is 9.67. The van der Waals surface area contributed by atoms with Crippen LogP contribution in [0.15, 0.2) is 60.7 Å². The Hall–Kier alpha value is -5.24. The number of nitrogens with zero attached hydrogens (tertiary/aromatic N) is 6. The van der Waals surface area contributed by atoms with E-state index < -0.39 is 0 Å². The first-order valence-corrected chi connectivity index (χ1v) is 15.9. The molecule has 8 nitrogen and oxygen atoms in total. The van der Waals surface area contributed by atoms with Crippen LogP contribution in [-0.2, 0) is 10.8 Å². The van der Waals surface area contributed by atoms with Crippen molar-refractivity contribution in [2.75, 3.05) is 0 Å². The summed E-state index contributed by atoms with van der Waals surface area (Å²) in [5.41, 5.74) is 7.94. The van der Waals surface area contributed by atoms with E-state index in [2.05, 4.69) is 103 Å². The zero-order valence-corrected chi connectivity index (χ0v) is 26.8. The third-order valence-corrected chi connectivity index (χ3v) is 9.53. The van der Waals surface area contributed by atoms with Crippen LogP contribution < -0.4 is 0 Å². The first-order chi connectivity index (χ1) is 22.0. The van der Waals surface area contributed by atoms with Gasteiger partial charge in [0.25, 0.3) is 0 Å². The molecular formula is C38H34N8. The molecule has 0 saturated heterocycles. The van der Waals surface area contributed by atoms with E-state index in [4.69, 9.17) is 15.0 Å². The van der Waals surface area contributed by atoms with Gasteiger partial charge in [0.2, 0.25) is 0 Å². The second kappa shape index (κ2) is 9.16. The highest BCUT2D eigenvalue weighted by Gasteiger charge is 2.45. The van der Waals surface area contributed by atoms with Crippen molar-refractivity contribution in [2.24, 2.45) is 0 Å². The monoisotopic (exact) mass is 602 g/mol. The molecule has 0 spiro atoms. The predicted octanol–water partition coefficient (Wildman–Crippen LogP) is 8.24. The highest BCUT2D eigenvalue weighted by molar-refractivity contribution is 6.10. The predicted molar refractivity (Wildman–Crippen MR) is 184 cm³/mol. The number of aromatic amines is 2. The molecular weight excluding hydrogens is 568 g/mol. The number of hydrogen-bond acceptors (Lipinski definition) is 6. The van der Waals surface area contributed by atoms with Crippen LogP contribution in [0.3, 0.4) is 0 Å². The summed E-state index contributed by atoms with van der Waals surface area (Å²) in [5.74, 6) is 2.50. The molecule has 2 unspecified atom stereocenters. The van der Waals surface area contributed by atoms with E-state index in [0.29, 0.717) is 34.2 Å². The molecule has 6 aromatic rings. The van der Waals surface area contributed by atoms with E-state index >= 15 is 0 Å². The number of H-pyrrole nitrogens is 2. The van der Waals surface area contributed by atoms with E-state index in [-0.39, 0.29) is 22.7 Å². The maximum atomic E-state index is 5.23. The molecule has 10 rings (SSSR count). The fourth-order valence-electron chi connectivity index (χ4n) is 7.20. The summed E-state index contributed by atoms with van der Waals surface area (Å²) < 4.78 is 0. The summed E-state index contributed by atoms with van der Waals surface area (Å²) in [7, 11) is 0.